The Morgan fingerprint density at radius 1 is 0.826 bits per heavy atom. The number of carbonyl (C=O) groups is 3. The van der Waals surface area contributed by atoms with Crippen LogP contribution in [0.4, 0.5) is 0 Å². The molecule has 0 spiro atoms. The molecule has 1 aromatic carbocycles. The molecule has 10 nitrogen and oxygen atoms in total. The van der Waals surface area contributed by atoms with Gasteiger partial charge in [-0.15, -0.1) is 0 Å². The van der Waals surface area contributed by atoms with Crippen LogP contribution in [0.15, 0.2) is 29.1 Å². The van der Waals surface area contributed by atoms with E-state index in [9.17, 15) is 19.2 Å². The molecular weight excluding hydrogens is 584 g/mol. The predicted octanol–water partition coefficient (Wildman–Crippen LogP) is 5.85. The Balaban J connectivity index is 1.43. The quantitative estimate of drug-likeness (QED) is 0.376. The number of hydrogen-bond acceptors (Lipinski definition) is 8. The van der Waals surface area contributed by atoms with Gasteiger partial charge in [-0.3, -0.25) is 19.3 Å². The normalized spacial score (nSPS) is 23.7. The molecule has 1 aliphatic carbocycles. The molecule has 1 amide bonds. The van der Waals surface area contributed by atoms with Gasteiger partial charge in [0.15, 0.2) is 5.69 Å². The fourth-order valence-corrected chi connectivity index (χ4v) is 7.73. The van der Waals surface area contributed by atoms with Gasteiger partial charge in [0.05, 0.1) is 17.5 Å². The van der Waals surface area contributed by atoms with E-state index in [1.54, 1.807) is 52.2 Å². The first-order valence-electron chi connectivity index (χ1n) is 17.2. The summed E-state index contributed by atoms with van der Waals surface area (Å²) in [5, 5.41) is 2.60. The average molecular weight is 637 g/mol. The SMILES string of the molecule is CC(C)(C)OC(=O)C[C@H](NC(=O)c1nc2ccccc2n(C2C[C@H]3CC[C@@H](C2)N3C2CCCCCCC2)c1=O)C(=O)OC(C)(C)C. The number of para-hydroxylation sites is 2. The van der Waals surface area contributed by atoms with E-state index in [0.717, 1.165) is 25.7 Å². The van der Waals surface area contributed by atoms with Crippen LogP contribution in [0.25, 0.3) is 11.0 Å². The van der Waals surface area contributed by atoms with Gasteiger partial charge >= 0.3 is 11.9 Å². The predicted molar refractivity (Wildman–Crippen MR) is 177 cm³/mol. The molecule has 3 aliphatic rings. The number of ether oxygens (including phenoxy) is 2. The van der Waals surface area contributed by atoms with Crippen LogP contribution in [0, 0.1) is 0 Å². The van der Waals surface area contributed by atoms with Crippen molar-refractivity contribution in [3.05, 3.63) is 40.3 Å². The zero-order valence-electron chi connectivity index (χ0n) is 28.5. The molecule has 0 radical (unpaired) electrons. The molecule has 5 rings (SSSR count). The fraction of sp³-hybridized carbons (Fsp3) is 0.694. The highest BCUT2D eigenvalue weighted by Crippen LogP contribution is 2.44. The van der Waals surface area contributed by atoms with Crippen molar-refractivity contribution in [2.24, 2.45) is 0 Å². The molecule has 3 fully saturated rings. The topological polar surface area (TPSA) is 120 Å². The Morgan fingerprint density at radius 3 is 2.02 bits per heavy atom. The highest BCUT2D eigenvalue weighted by molar-refractivity contribution is 5.97. The highest BCUT2D eigenvalue weighted by Gasteiger charge is 2.45. The van der Waals surface area contributed by atoms with Gasteiger partial charge in [0, 0.05) is 24.2 Å². The van der Waals surface area contributed by atoms with E-state index in [2.05, 4.69) is 15.2 Å². The first-order valence-corrected chi connectivity index (χ1v) is 17.2. The van der Waals surface area contributed by atoms with Crippen LogP contribution in [0.5, 0.6) is 0 Å². The third-order valence-electron chi connectivity index (χ3n) is 9.42. The summed E-state index contributed by atoms with van der Waals surface area (Å²) in [5.41, 5.74) is -1.19. The van der Waals surface area contributed by atoms with Crippen LogP contribution in [0.3, 0.4) is 0 Å². The van der Waals surface area contributed by atoms with E-state index >= 15 is 0 Å². The lowest BCUT2D eigenvalue weighted by molar-refractivity contribution is -0.164. The molecule has 2 aliphatic heterocycles. The van der Waals surface area contributed by atoms with E-state index in [-0.39, 0.29) is 11.7 Å². The number of benzene rings is 1. The third kappa shape index (κ3) is 8.17. The van der Waals surface area contributed by atoms with Crippen LogP contribution in [0.2, 0.25) is 0 Å². The third-order valence-corrected chi connectivity index (χ3v) is 9.42. The zero-order chi connectivity index (χ0) is 33.2. The van der Waals surface area contributed by atoms with Gasteiger partial charge in [-0.05, 0) is 92.2 Å². The van der Waals surface area contributed by atoms with E-state index in [0.29, 0.717) is 29.2 Å². The largest absolute Gasteiger partial charge is 0.460 e. The van der Waals surface area contributed by atoms with Crippen LogP contribution in [-0.4, -0.2) is 67.7 Å². The molecule has 4 atom stereocenters. The number of carbonyl (C=O) groups excluding carboxylic acids is 3. The minimum absolute atomic E-state index is 0.0716. The second-order valence-electron chi connectivity index (χ2n) is 15.4. The van der Waals surface area contributed by atoms with Gasteiger partial charge in [0.1, 0.15) is 17.2 Å². The lowest BCUT2D eigenvalue weighted by Crippen LogP contribution is -2.51. The Morgan fingerprint density at radius 2 is 1.41 bits per heavy atom. The summed E-state index contributed by atoms with van der Waals surface area (Å²) in [5.74, 6) is -2.27. The van der Waals surface area contributed by atoms with Crippen molar-refractivity contribution in [1.82, 2.24) is 19.8 Å². The van der Waals surface area contributed by atoms with Crippen molar-refractivity contribution < 1.29 is 23.9 Å². The summed E-state index contributed by atoms with van der Waals surface area (Å²) < 4.78 is 12.7. The van der Waals surface area contributed by atoms with Gasteiger partial charge in [0.2, 0.25) is 0 Å². The molecule has 1 aromatic heterocycles. The summed E-state index contributed by atoms with van der Waals surface area (Å²) in [7, 11) is 0. The second kappa shape index (κ2) is 13.8. The lowest BCUT2D eigenvalue weighted by atomic mass is 9.89. The number of esters is 2. The number of nitrogens with zero attached hydrogens (tertiary/aromatic N) is 3. The van der Waals surface area contributed by atoms with Gasteiger partial charge in [-0.1, -0.05) is 44.2 Å². The van der Waals surface area contributed by atoms with Gasteiger partial charge < -0.3 is 19.4 Å². The second-order valence-corrected chi connectivity index (χ2v) is 15.4. The standard InChI is InChI=1S/C36H52N4O6/c1-35(2,3)45-30(41)22-28(34(44)46-36(4,5)6)38-32(42)31-33(43)40(29-17-13-12-16-27(29)37-31)26-20-24-18-19-25(21-26)39(24)23-14-10-8-7-9-11-15-23/h12-13,16-17,23-26,28H,7-11,14-15,18-22H2,1-6H3,(H,38,42)/t24-,25+,26?,28-/m0/s1. The summed E-state index contributed by atoms with van der Waals surface area (Å²) in [6.07, 6.45) is 12.6. The van der Waals surface area contributed by atoms with Crippen molar-refractivity contribution in [1.29, 1.82) is 0 Å². The first kappa shape index (κ1) is 34.1. The van der Waals surface area contributed by atoms with E-state index < -0.39 is 47.1 Å². The molecular formula is C36H52N4O6. The molecule has 3 heterocycles. The van der Waals surface area contributed by atoms with E-state index in [1.807, 2.05) is 18.2 Å². The molecule has 46 heavy (non-hydrogen) atoms. The maximum atomic E-state index is 14.2. The Kier molecular flexibility index (Phi) is 10.3. The molecule has 2 saturated heterocycles. The number of rotatable bonds is 7. The molecule has 2 aromatic rings. The number of aromatic nitrogens is 2. The maximum absolute atomic E-state index is 14.2. The smallest absolute Gasteiger partial charge is 0.329 e. The number of hydrogen-bond donors (Lipinski definition) is 1. The van der Waals surface area contributed by atoms with Crippen molar-refractivity contribution in [2.75, 3.05) is 0 Å². The number of fused-ring (bicyclic) bond motifs is 3. The highest BCUT2D eigenvalue weighted by atomic mass is 16.6. The fourth-order valence-electron chi connectivity index (χ4n) is 7.73. The molecule has 1 unspecified atom stereocenters. The minimum atomic E-state index is -1.36. The van der Waals surface area contributed by atoms with Crippen molar-refractivity contribution in [3.8, 4) is 0 Å². The summed E-state index contributed by atoms with van der Waals surface area (Å²) >= 11 is 0. The Labute approximate surface area is 272 Å². The molecule has 10 heteroatoms. The number of amides is 1. The summed E-state index contributed by atoms with van der Waals surface area (Å²) in [6, 6.07) is 7.41. The molecule has 252 valence electrons. The Bertz CT molecular complexity index is 1470. The monoisotopic (exact) mass is 636 g/mol. The molecule has 2 bridgehead atoms. The number of piperidine rings is 1. The first-order chi connectivity index (χ1) is 21.7. The lowest BCUT2D eigenvalue weighted by Gasteiger charge is -2.45. The van der Waals surface area contributed by atoms with E-state index in [1.165, 1.54) is 44.9 Å². The van der Waals surface area contributed by atoms with Gasteiger partial charge in [-0.2, -0.15) is 0 Å². The maximum Gasteiger partial charge on any atom is 0.329 e. The molecule has 1 N–H and O–H groups in total. The number of nitrogens with one attached hydrogen (secondary N) is 1. The van der Waals surface area contributed by atoms with Crippen LogP contribution >= 0.6 is 0 Å². The summed E-state index contributed by atoms with van der Waals surface area (Å²) in [6.45, 7) is 10.3. The Hall–Kier alpha value is -3.27. The average Bonchev–Trinajstić information content (AvgIpc) is 3.18. The van der Waals surface area contributed by atoms with Crippen LogP contribution < -0.4 is 10.9 Å². The van der Waals surface area contributed by atoms with Gasteiger partial charge in [-0.25, -0.2) is 9.78 Å². The molecule has 1 saturated carbocycles. The van der Waals surface area contributed by atoms with Crippen molar-refractivity contribution in [2.45, 2.75) is 160 Å². The minimum Gasteiger partial charge on any atom is -0.460 e. The van der Waals surface area contributed by atoms with Crippen molar-refractivity contribution >= 4 is 28.9 Å². The van der Waals surface area contributed by atoms with Crippen LogP contribution in [-0.2, 0) is 19.1 Å². The van der Waals surface area contributed by atoms with E-state index in [4.69, 9.17) is 9.47 Å². The van der Waals surface area contributed by atoms with Gasteiger partial charge in [0.25, 0.3) is 11.5 Å². The summed E-state index contributed by atoms with van der Waals surface area (Å²) in [4.78, 5) is 61.2. The van der Waals surface area contributed by atoms with Crippen LogP contribution in [0.1, 0.15) is 135 Å². The van der Waals surface area contributed by atoms with Crippen molar-refractivity contribution in [3.63, 3.8) is 0 Å². The zero-order valence-corrected chi connectivity index (χ0v) is 28.5.